The Labute approximate surface area is 193 Å². The third kappa shape index (κ3) is 3.14. The lowest BCUT2D eigenvalue weighted by molar-refractivity contribution is 0.634. The second-order valence-electron chi connectivity index (χ2n) is 8.80. The van der Waals surface area contributed by atoms with Gasteiger partial charge in [0.1, 0.15) is 0 Å². The van der Waals surface area contributed by atoms with E-state index in [4.69, 9.17) is 19.9 Å². The van der Waals surface area contributed by atoms with Crippen LogP contribution in [0, 0.1) is 0 Å². The van der Waals surface area contributed by atoms with Crippen LogP contribution in [-0.2, 0) is 5.41 Å². The normalized spacial score (nSPS) is 13.4. The predicted octanol–water partition coefficient (Wildman–Crippen LogP) is 6.57. The van der Waals surface area contributed by atoms with Crippen LogP contribution in [-0.4, -0.2) is 19.9 Å². The molecule has 4 nitrogen and oxygen atoms in total. The molecule has 0 atom stereocenters. The van der Waals surface area contributed by atoms with Gasteiger partial charge < -0.3 is 0 Å². The van der Waals surface area contributed by atoms with E-state index in [-0.39, 0.29) is 5.41 Å². The highest BCUT2D eigenvalue weighted by atomic mass is 15.0. The van der Waals surface area contributed by atoms with Crippen molar-refractivity contribution >= 4 is 0 Å². The molecule has 0 N–H and O–H groups in total. The monoisotopic (exact) mass is 426 g/mol. The van der Waals surface area contributed by atoms with Gasteiger partial charge in [0.15, 0.2) is 11.6 Å². The van der Waals surface area contributed by atoms with Crippen molar-refractivity contribution < 1.29 is 0 Å². The molecular formula is C29H22N4. The number of hydrogen-bond acceptors (Lipinski definition) is 4. The van der Waals surface area contributed by atoms with Crippen molar-refractivity contribution in [3.8, 4) is 45.3 Å². The fraction of sp³-hybridized carbons (Fsp3) is 0.103. The van der Waals surface area contributed by atoms with E-state index in [0.717, 1.165) is 50.7 Å². The first-order valence-corrected chi connectivity index (χ1v) is 11.1. The van der Waals surface area contributed by atoms with Crippen LogP contribution in [0.3, 0.4) is 0 Å². The van der Waals surface area contributed by atoms with Gasteiger partial charge in [-0.2, -0.15) is 0 Å². The zero-order chi connectivity index (χ0) is 22.4. The van der Waals surface area contributed by atoms with E-state index in [1.54, 1.807) is 0 Å². The molecule has 0 saturated carbocycles. The smallest absolute Gasteiger partial charge is 0.160 e. The first kappa shape index (κ1) is 19.5. The summed E-state index contributed by atoms with van der Waals surface area (Å²) < 4.78 is 0. The molecule has 2 aromatic heterocycles. The summed E-state index contributed by atoms with van der Waals surface area (Å²) in [5, 5.41) is 0. The van der Waals surface area contributed by atoms with Gasteiger partial charge in [-0.15, -0.1) is 0 Å². The van der Waals surface area contributed by atoms with Crippen LogP contribution in [0.4, 0.5) is 0 Å². The number of aromatic nitrogens is 4. The molecule has 3 aromatic carbocycles. The molecule has 158 valence electrons. The standard InChI is InChI=1S/C29H22N4/c1-29(2)23-24(19-12-6-3-7-13-19)31-28(21-16-10-5-11-17-21)32-25(23)22-18-30-27(33-26(22)29)20-14-8-4-9-15-20/h3-18H,1-2H3. The van der Waals surface area contributed by atoms with Crippen LogP contribution < -0.4 is 0 Å². The van der Waals surface area contributed by atoms with Gasteiger partial charge in [-0.3, -0.25) is 0 Å². The minimum absolute atomic E-state index is 0.364. The zero-order valence-electron chi connectivity index (χ0n) is 18.5. The van der Waals surface area contributed by atoms with E-state index in [1.807, 2.05) is 72.9 Å². The predicted molar refractivity (Wildman–Crippen MR) is 131 cm³/mol. The second kappa shape index (κ2) is 7.45. The van der Waals surface area contributed by atoms with Gasteiger partial charge in [0.25, 0.3) is 0 Å². The average molecular weight is 427 g/mol. The summed E-state index contributed by atoms with van der Waals surface area (Å²) in [6.45, 7) is 4.41. The number of rotatable bonds is 3. The van der Waals surface area contributed by atoms with Gasteiger partial charge >= 0.3 is 0 Å². The Morgan fingerprint density at radius 2 is 1.06 bits per heavy atom. The van der Waals surface area contributed by atoms with Crippen molar-refractivity contribution in [2.24, 2.45) is 0 Å². The summed E-state index contributed by atoms with van der Waals surface area (Å²) in [5.74, 6) is 1.44. The molecule has 0 bridgehead atoms. The largest absolute Gasteiger partial charge is 0.236 e. The lowest BCUT2D eigenvalue weighted by Gasteiger charge is -2.23. The Morgan fingerprint density at radius 1 is 0.545 bits per heavy atom. The second-order valence-corrected chi connectivity index (χ2v) is 8.80. The summed E-state index contributed by atoms with van der Waals surface area (Å²) in [4.78, 5) is 19.9. The fourth-order valence-corrected chi connectivity index (χ4v) is 4.65. The summed E-state index contributed by atoms with van der Waals surface area (Å²) >= 11 is 0. The topological polar surface area (TPSA) is 51.6 Å². The highest BCUT2D eigenvalue weighted by Gasteiger charge is 2.42. The summed E-state index contributed by atoms with van der Waals surface area (Å²) in [6.07, 6.45) is 1.93. The van der Waals surface area contributed by atoms with E-state index < -0.39 is 0 Å². The Morgan fingerprint density at radius 3 is 1.67 bits per heavy atom. The first-order chi connectivity index (χ1) is 16.1. The van der Waals surface area contributed by atoms with Gasteiger partial charge in [-0.05, 0) is 13.8 Å². The van der Waals surface area contributed by atoms with E-state index in [9.17, 15) is 0 Å². The van der Waals surface area contributed by atoms with E-state index in [1.165, 1.54) is 0 Å². The maximum Gasteiger partial charge on any atom is 0.160 e. The maximum absolute atomic E-state index is 5.08. The molecule has 0 saturated heterocycles. The molecule has 5 aromatic rings. The van der Waals surface area contributed by atoms with Crippen molar-refractivity contribution in [1.29, 1.82) is 0 Å². The van der Waals surface area contributed by atoms with Gasteiger partial charge in [-0.25, -0.2) is 19.9 Å². The molecule has 4 heteroatoms. The third-order valence-corrected chi connectivity index (χ3v) is 6.28. The molecule has 0 fully saturated rings. The van der Waals surface area contributed by atoms with Crippen molar-refractivity contribution in [2.75, 3.05) is 0 Å². The van der Waals surface area contributed by atoms with Crippen molar-refractivity contribution in [2.45, 2.75) is 19.3 Å². The maximum atomic E-state index is 5.08. The Kier molecular flexibility index (Phi) is 4.40. The van der Waals surface area contributed by atoms with Crippen LogP contribution in [0.2, 0.25) is 0 Å². The van der Waals surface area contributed by atoms with Crippen LogP contribution >= 0.6 is 0 Å². The number of benzene rings is 3. The molecule has 0 unspecified atom stereocenters. The molecule has 1 aliphatic rings. The minimum atomic E-state index is -0.364. The number of nitrogens with zero attached hydrogens (tertiary/aromatic N) is 4. The highest BCUT2D eigenvalue weighted by molar-refractivity contribution is 5.85. The highest BCUT2D eigenvalue weighted by Crippen LogP contribution is 2.50. The third-order valence-electron chi connectivity index (χ3n) is 6.28. The van der Waals surface area contributed by atoms with Crippen LogP contribution in [0.5, 0.6) is 0 Å². The Hall–Kier alpha value is -4.18. The van der Waals surface area contributed by atoms with Crippen LogP contribution in [0.25, 0.3) is 45.3 Å². The van der Waals surface area contributed by atoms with E-state index >= 15 is 0 Å². The fourth-order valence-electron chi connectivity index (χ4n) is 4.65. The zero-order valence-corrected chi connectivity index (χ0v) is 18.5. The summed E-state index contributed by atoms with van der Waals surface area (Å²) in [5.41, 5.74) is 7.64. The molecule has 0 spiro atoms. The van der Waals surface area contributed by atoms with Crippen molar-refractivity contribution in [1.82, 2.24) is 19.9 Å². The van der Waals surface area contributed by atoms with E-state index in [2.05, 4.69) is 38.1 Å². The lowest BCUT2D eigenvalue weighted by atomic mass is 9.83. The van der Waals surface area contributed by atoms with Crippen molar-refractivity contribution in [3.63, 3.8) is 0 Å². The Bertz CT molecular complexity index is 1460. The van der Waals surface area contributed by atoms with Gasteiger partial charge in [0.05, 0.1) is 17.1 Å². The van der Waals surface area contributed by atoms with Crippen LogP contribution in [0.15, 0.2) is 97.2 Å². The number of hydrogen-bond donors (Lipinski definition) is 0. The first-order valence-electron chi connectivity index (χ1n) is 11.1. The summed E-state index contributed by atoms with van der Waals surface area (Å²) in [6, 6.07) is 30.6. The molecule has 6 rings (SSSR count). The molecule has 33 heavy (non-hydrogen) atoms. The average Bonchev–Trinajstić information content (AvgIpc) is 3.11. The quantitative estimate of drug-likeness (QED) is 0.327. The summed E-state index contributed by atoms with van der Waals surface area (Å²) in [7, 11) is 0. The van der Waals surface area contributed by atoms with Gasteiger partial charge in [0.2, 0.25) is 0 Å². The molecule has 2 heterocycles. The molecule has 1 aliphatic carbocycles. The van der Waals surface area contributed by atoms with Gasteiger partial charge in [0, 0.05) is 39.4 Å². The molecular weight excluding hydrogens is 404 g/mol. The molecule has 0 radical (unpaired) electrons. The SMILES string of the molecule is CC1(C)c2nc(-c3ccccc3)ncc2-c2nc(-c3ccccc3)nc(-c3ccccc3)c21. The lowest BCUT2D eigenvalue weighted by Crippen LogP contribution is -2.19. The van der Waals surface area contributed by atoms with E-state index in [0.29, 0.717) is 5.82 Å². The number of fused-ring (bicyclic) bond motifs is 3. The minimum Gasteiger partial charge on any atom is -0.236 e. The Balaban J connectivity index is 1.62. The molecule has 0 aliphatic heterocycles. The van der Waals surface area contributed by atoms with Crippen molar-refractivity contribution in [3.05, 3.63) is 108 Å². The van der Waals surface area contributed by atoms with Gasteiger partial charge in [-0.1, -0.05) is 91.0 Å². The molecule has 0 amide bonds. The van der Waals surface area contributed by atoms with Crippen LogP contribution in [0.1, 0.15) is 25.1 Å².